The van der Waals surface area contributed by atoms with Gasteiger partial charge in [-0.05, 0) is 44.5 Å². The Kier molecular flexibility index (Phi) is 5.91. The molecule has 0 radical (unpaired) electrons. The van der Waals surface area contributed by atoms with E-state index in [9.17, 15) is 4.79 Å². The summed E-state index contributed by atoms with van der Waals surface area (Å²) in [5.41, 5.74) is 2.57. The average Bonchev–Trinajstić information content (AvgIpc) is 2.27. The van der Waals surface area contributed by atoms with Crippen LogP contribution in [0.1, 0.15) is 31.4 Å². The SMILES string of the molecule is Cc1cc(C#CCCO)cc(NC(=O)NC(C)C)c1. The molecule has 0 fully saturated rings. The molecule has 0 saturated carbocycles. The summed E-state index contributed by atoms with van der Waals surface area (Å²) < 4.78 is 0. The average molecular weight is 260 g/mol. The van der Waals surface area contributed by atoms with Gasteiger partial charge in [-0.2, -0.15) is 0 Å². The number of hydrogen-bond donors (Lipinski definition) is 3. The van der Waals surface area contributed by atoms with Crippen LogP contribution < -0.4 is 10.6 Å². The first kappa shape index (κ1) is 15.1. The second-order valence-corrected chi connectivity index (χ2v) is 4.62. The van der Waals surface area contributed by atoms with E-state index in [4.69, 9.17) is 5.11 Å². The molecular weight excluding hydrogens is 240 g/mol. The zero-order valence-corrected chi connectivity index (χ0v) is 11.6. The zero-order valence-electron chi connectivity index (χ0n) is 11.6. The van der Waals surface area contributed by atoms with Gasteiger partial charge in [0.15, 0.2) is 0 Å². The van der Waals surface area contributed by atoms with E-state index in [0.29, 0.717) is 12.1 Å². The number of aryl methyl sites for hydroxylation is 1. The van der Waals surface area contributed by atoms with Crippen molar-refractivity contribution in [1.82, 2.24) is 5.32 Å². The van der Waals surface area contributed by atoms with Gasteiger partial charge in [0.05, 0.1) is 6.61 Å². The Morgan fingerprint density at radius 2 is 2.11 bits per heavy atom. The minimum atomic E-state index is -0.227. The molecule has 0 spiro atoms. The van der Waals surface area contributed by atoms with Crippen LogP contribution in [0.2, 0.25) is 0 Å². The predicted molar refractivity (Wildman–Crippen MR) is 77.1 cm³/mol. The Bertz CT molecular complexity index is 499. The standard InChI is InChI=1S/C15H20N2O2/c1-11(2)16-15(19)17-14-9-12(3)8-13(10-14)6-4-5-7-18/h8-11,18H,5,7H2,1-3H3,(H2,16,17,19). The third-order valence-electron chi connectivity index (χ3n) is 2.22. The molecule has 0 aromatic heterocycles. The van der Waals surface area contributed by atoms with Gasteiger partial charge >= 0.3 is 6.03 Å². The molecule has 0 aliphatic rings. The molecule has 19 heavy (non-hydrogen) atoms. The largest absolute Gasteiger partial charge is 0.395 e. The molecule has 0 aliphatic heterocycles. The highest BCUT2D eigenvalue weighted by Gasteiger charge is 2.04. The summed E-state index contributed by atoms with van der Waals surface area (Å²) >= 11 is 0. The van der Waals surface area contributed by atoms with Crippen LogP contribution in [0.25, 0.3) is 0 Å². The molecule has 4 heteroatoms. The monoisotopic (exact) mass is 260 g/mol. The lowest BCUT2D eigenvalue weighted by atomic mass is 10.1. The van der Waals surface area contributed by atoms with E-state index in [1.54, 1.807) is 0 Å². The number of aliphatic hydroxyl groups excluding tert-OH is 1. The van der Waals surface area contributed by atoms with Gasteiger partial charge in [-0.15, -0.1) is 0 Å². The van der Waals surface area contributed by atoms with E-state index in [1.807, 2.05) is 39.0 Å². The Hall–Kier alpha value is -1.99. The second-order valence-electron chi connectivity index (χ2n) is 4.62. The molecule has 1 aromatic carbocycles. The Labute approximate surface area is 114 Å². The van der Waals surface area contributed by atoms with E-state index in [1.165, 1.54) is 0 Å². The van der Waals surface area contributed by atoms with Crippen molar-refractivity contribution in [3.8, 4) is 11.8 Å². The Morgan fingerprint density at radius 3 is 2.74 bits per heavy atom. The van der Waals surface area contributed by atoms with E-state index in [2.05, 4.69) is 22.5 Å². The predicted octanol–water partition coefficient (Wildman–Crippen LogP) is 2.26. The number of hydrogen-bond acceptors (Lipinski definition) is 2. The van der Waals surface area contributed by atoms with Crippen LogP contribution in [0.15, 0.2) is 18.2 Å². The Balaban J connectivity index is 2.80. The van der Waals surface area contributed by atoms with Crippen LogP contribution in [-0.2, 0) is 0 Å². The summed E-state index contributed by atoms with van der Waals surface area (Å²) in [5, 5.41) is 14.2. The van der Waals surface area contributed by atoms with Gasteiger partial charge in [0.25, 0.3) is 0 Å². The highest BCUT2D eigenvalue weighted by Crippen LogP contribution is 2.13. The normalized spacial score (nSPS) is 9.74. The molecule has 0 bridgehead atoms. The summed E-state index contributed by atoms with van der Waals surface area (Å²) in [6.07, 6.45) is 0.449. The smallest absolute Gasteiger partial charge is 0.319 e. The number of aliphatic hydroxyl groups is 1. The maximum atomic E-state index is 11.6. The fourth-order valence-corrected chi connectivity index (χ4v) is 1.58. The maximum Gasteiger partial charge on any atom is 0.319 e. The number of carbonyl (C=O) groups excluding carboxylic acids is 1. The lowest BCUT2D eigenvalue weighted by molar-refractivity contribution is 0.250. The number of anilines is 1. The quantitative estimate of drug-likeness (QED) is 0.730. The number of benzene rings is 1. The summed E-state index contributed by atoms with van der Waals surface area (Å²) in [6, 6.07) is 5.51. The van der Waals surface area contributed by atoms with Gasteiger partial charge in [0, 0.05) is 23.7 Å². The van der Waals surface area contributed by atoms with Crippen molar-refractivity contribution in [3.63, 3.8) is 0 Å². The van der Waals surface area contributed by atoms with Crippen molar-refractivity contribution >= 4 is 11.7 Å². The molecule has 4 nitrogen and oxygen atoms in total. The number of rotatable bonds is 3. The topological polar surface area (TPSA) is 61.4 Å². The van der Waals surface area contributed by atoms with Crippen molar-refractivity contribution in [2.24, 2.45) is 0 Å². The van der Waals surface area contributed by atoms with Crippen molar-refractivity contribution in [2.45, 2.75) is 33.2 Å². The van der Waals surface area contributed by atoms with Crippen molar-refractivity contribution in [3.05, 3.63) is 29.3 Å². The van der Waals surface area contributed by atoms with Crippen molar-refractivity contribution < 1.29 is 9.90 Å². The third-order valence-corrected chi connectivity index (χ3v) is 2.22. The summed E-state index contributed by atoms with van der Waals surface area (Å²) in [4.78, 5) is 11.6. The van der Waals surface area contributed by atoms with E-state index >= 15 is 0 Å². The second kappa shape index (κ2) is 7.45. The molecule has 0 atom stereocenters. The molecule has 0 unspecified atom stereocenters. The number of nitrogens with one attached hydrogen (secondary N) is 2. The van der Waals surface area contributed by atoms with Gasteiger partial charge in [-0.1, -0.05) is 11.8 Å². The van der Waals surface area contributed by atoms with Gasteiger partial charge in [-0.3, -0.25) is 0 Å². The molecule has 102 valence electrons. The maximum absolute atomic E-state index is 11.6. The molecule has 1 aromatic rings. The molecule has 0 heterocycles. The van der Waals surface area contributed by atoms with Crippen LogP contribution in [0.4, 0.5) is 10.5 Å². The lowest BCUT2D eigenvalue weighted by Crippen LogP contribution is -2.34. The van der Waals surface area contributed by atoms with Crippen molar-refractivity contribution in [1.29, 1.82) is 0 Å². The number of carbonyl (C=O) groups is 1. The van der Waals surface area contributed by atoms with E-state index in [0.717, 1.165) is 11.1 Å². The van der Waals surface area contributed by atoms with Gasteiger partial charge in [0.2, 0.25) is 0 Å². The first-order valence-electron chi connectivity index (χ1n) is 6.30. The van der Waals surface area contributed by atoms with Gasteiger partial charge in [-0.25, -0.2) is 4.79 Å². The minimum Gasteiger partial charge on any atom is -0.395 e. The molecular formula is C15H20N2O2. The van der Waals surface area contributed by atoms with Gasteiger partial charge < -0.3 is 15.7 Å². The minimum absolute atomic E-state index is 0.0563. The third kappa shape index (κ3) is 5.94. The van der Waals surface area contributed by atoms with Gasteiger partial charge in [0.1, 0.15) is 0 Å². The summed E-state index contributed by atoms with van der Waals surface area (Å²) in [5.74, 6) is 5.82. The van der Waals surface area contributed by atoms with Crippen LogP contribution >= 0.6 is 0 Å². The lowest BCUT2D eigenvalue weighted by Gasteiger charge is -2.11. The van der Waals surface area contributed by atoms with Crippen LogP contribution in [0, 0.1) is 18.8 Å². The van der Waals surface area contributed by atoms with E-state index < -0.39 is 0 Å². The first-order chi connectivity index (χ1) is 9.01. The molecule has 3 N–H and O–H groups in total. The van der Waals surface area contributed by atoms with Crippen LogP contribution in [0.3, 0.4) is 0 Å². The van der Waals surface area contributed by atoms with E-state index in [-0.39, 0.29) is 18.7 Å². The zero-order chi connectivity index (χ0) is 14.3. The van der Waals surface area contributed by atoms with Crippen LogP contribution in [0.5, 0.6) is 0 Å². The molecule has 0 saturated heterocycles. The first-order valence-corrected chi connectivity index (χ1v) is 6.30. The fraction of sp³-hybridized carbons (Fsp3) is 0.400. The molecule has 2 amide bonds. The van der Waals surface area contributed by atoms with Crippen LogP contribution in [-0.4, -0.2) is 23.8 Å². The molecule has 0 aliphatic carbocycles. The Morgan fingerprint density at radius 1 is 1.37 bits per heavy atom. The fourth-order valence-electron chi connectivity index (χ4n) is 1.58. The highest BCUT2D eigenvalue weighted by molar-refractivity contribution is 5.89. The highest BCUT2D eigenvalue weighted by atomic mass is 16.2. The number of urea groups is 1. The van der Waals surface area contributed by atoms with Crippen molar-refractivity contribution in [2.75, 3.05) is 11.9 Å². The summed E-state index contributed by atoms with van der Waals surface area (Å²) in [7, 11) is 0. The summed E-state index contributed by atoms with van der Waals surface area (Å²) in [6.45, 7) is 5.81. The number of amides is 2. The molecule has 1 rings (SSSR count).